The number of imidazole rings is 1. The van der Waals surface area contributed by atoms with Crippen LogP contribution in [0.1, 0.15) is 57.4 Å². The minimum atomic E-state index is -0.0911. The molecule has 45 heavy (non-hydrogen) atoms. The Balaban J connectivity index is 0.000000156. The molecule has 0 unspecified atom stereocenters. The summed E-state index contributed by atoms with van der Waals surface area (Å²) in [7, 11) is 0. The number of rotatable bonds is 3. The average Bonchev–Trinajstić information content (AvgIpc) is 3.60. The number of para-hydroxylation sites is 1. The van der Waals surface area contributed by atoms with Gasteiger partial charge in [0.25, 0.3) is 0 Å². The normalized spacial score (nSPS) is 13.4. The van der Waals surface area contributed by atoms with E-state index in [0.29, 0.717) is 11.6 Å². The van der Waals surface area contributed by atoms with Crippen LogP contribution in [0.2, 0.25) is 0 Å². The molecule has 0 saturated carbocycles. The molecule has 4 aromatic heterocycles. The van der Waals surface area contributed by atoms with Crippen LogP contribution in [0.3, 0.4) is 0 Å². The predicted molar refractivity (Wildman–Crippen MR) is 179 cm³/mol. The first kappa shape index (κ1) is 30.6. The molecule has 1 aliphatic rings. The zero-order chi connectivity index (χ0) is 30.6. The average molecular weight is 767 g/mol. The number of pyridine rings is 2. The minimum absolute atomic E-state index is 0. The van der Waals surface area contributed by atoms with Gasteiger partial charge in [-0.1, -0.05) is 54.6 Å². The van der Waals surface area contributed by atoms with Crippen molar-refractivity contribution in [2.75, 3.05) is 0 Å². The first-order valence-corrected chi connectivity index (χ1v) is 15.1. The second kappa shape index (κ2) is 11.8. The molecule has 1 aliphatic heterocycles. The molecule has 0 fully saturated rings. The molecule has 0 N–H and O–H groups in total. The van der Waals surface area contributed by atoms with Gasteiger partial charge in [-0.25, -0.2) is 4.98 Å². The van der Waals surface area contributed by atoms with Crippen molar-refractivity contribution in [3.05, 3.63) is 120 Å². The monoisotopic (exact) mass is 767 g/mol. The molecule has 5 heterocycles. The Morgan fingerprint density at radius 1 is 0.867 bits per heavy atom. The van der Waals surface area contributed by atoms with Crippen LogP contribution in [0.4, 0.5) is 0 Å². The van der Waals surface area contributed by atoms with Crippen molar-refractivity contribution in [1.29, 1.82) is 0 Å². The van der Waals surface area contributed by atoms with Gasteiger partial charge in [0.05, 0.1) is 28.0 Å². The molecule has 8 rings (SSSR count). The molecule has 0 saturated heterocycles. The van der Waals surface area contributed by atoms with E-state index in [1.54, 1.807) is 0 Å². The Morgan fingerprint density at radius 2 is 1.71 bits per heavy atom. The van der Waals surface area contributed by atoms with Crippen LogP contribution in [0.25, 0.3) is 61.3 Å². The van der Waals surface area contributed by atoms with Gasteiger partial charge >= 0.3 is 0 Å². The number of benzene rings is 3. The van der Waals surface area contributed by atoms with Crippen LogP contribution in [-0.2, 0) is 25.6 Å². The maximum atomic E-state index is 6.04. The van der Waals surface area contributed by atoms with E-state index in [0.717, 1.165) is 50.2 Å². The van der Waals surface area contributed by atoms with E-state index in [4.69, 9.17) is 9.40 Å². The maximum Gasteiger partial charge on any atom is 0.216 e. The van der Waals surface area contributed by atoms with E-state index < -0.39 is 0 Å². The summed E-state index contributed by atoms with van der Waals surface area (Å²) < 4.78 is 8.38. The third-order valence-electron chi connectivity index (χ3n) is 8.34. The first-order chi connectivity index (χ1) is 21.2. The molecule has 0 aliphatic carbocycles. The molecule has 3 aromatic carbocycles. The molecule has 6 heteroatoms. The summed E-state index contributed by atoms with van der Waals surface area (Å²) in [6.07, 6.45) is 4.17. The molecule has 5 nitrogen and oxygen atoms in total. The van der Waals surface area contributed by atoms with E-state index in [1.807, 2.05) is 49.5 Å². The summed E-state index contributed by atoms with van der Waals surface area (Å²) in [4.78, 5) is 13.9. The summed E-state index contributed by atoms with van der Waals surface area (Å²) in [5, 5.41) is 2.08. The van der Waals surface area contributed by atoms with Gasteiger partial charge in [0, 0.05) is 42.9 Å². The van der Waals surface area contributed by atoms with Gasteiger partial charge in [-0.05, 0) is 69.1 Å². The minimum Gasteiger partial charge on any atom is -0.486 e. The molecule has 0 spiro atoms. The van der Waals surface area contributed by atoms with Crippen molar-refractivity contribution >= 4 is 38.7 Å². The third-order valence-corrected chi connectivity index (χ3v) is 8.34. The molecular formula is C39H34IrN4O-2. The van der Waals surface area contributed by atoms with Gasteiger partial charge < -0.3 is 14.0 Å². The SMILES string of the molecule is CC1=CC(C)(C)n2c(-c3[c-]cccc3)nc3cccc1c32.Cc1ccc2c(n1)oc1c(-c3cc(C(C)C)ccn3)[c-]ccc12.[Ir]. The molecule has 0 bridgehead atoms. The van der Waals surface area contributed by atoms with E-state index in [2.05, 4.69) is 110 Å². The van der Waals surface area contributed by atoms with Crippen molar-refractivity contribution in [3.8, 4) is 22.6 Å². The number of allylic oxidation sites excluding steroid dienone is 2. The topological polar surface area (TPSA) is 56.7 Å². The molecule has 0 atom stereocenters. The van der Waals surface area contributed by atoms with Gasteiger partial charge in [-0.2, -0.15) is 0 Å². The predicted octanol–water partition coefficient (Wildman–Crippen LogP) is 9.93. The van der Waals surface area contributed by atoms with Gasteiger partial charge in [-0.3, -0.25) is 4.98 Å². The number of nitrogens with zero attached hydrogens (tertiary/aromatic N) is 4. The summed E-state index contributed by atoms with van der Waals surface area (Å²) in [5.74, 6) is 1.45. The van der Waals surface area contributed by atoms with Crippen molar-refractivity contribution in [2.24, 2.45) is 0 Å². The van der Waals surface area contributed by atoms with Gasteiger partial charge in [0.15, 0.2) is 0 Å². The van der Waals surface area contributed by atoms with Crippen LogP contribution in [-0.4, -0.2) is 19.5 Å². The Bertz CT molecular complexity index is 2210. The maximum absolute atomic E-state index is 6.04. The number of aromatic nitrogens is 4. The molecule has 227 valence electrons. The Hall–Kier alpha value is -4.38. The first-order valence-electron chi connectivity index (χ1n) is 15.1. The second-order valence-corrected chi connectivity index (χ2v) is 12.3. The van der Waals surface area contributed by atoms with Crippen LogP contribution in [0.15, 0.2) is 95.6 Å². The fourth-order valence-corrected chi connectivity index (χ4v) is 6.24. The van der Waals surface area contributed by atoms with E-state index in [-0.39, 0.29) is 25.6 Å². The largest absolute Gasteiger partial charge is 0.486 e. The van der Waals surface area contributed by atoms with Crippen LogP contribution in [0.5, 0.6) is 0 Å². The summed E-state index contributed by atoms with van der Waals surface area (Å²) in [6, 6.07) is 33.2. The van der Waals surface area contributed by atoms with Gasteiger partial charge in [0.1, 0.15) is 0 Å². The molecule has 7 aromatic rings. The third kappa shape index (κ3) is 5.43. The Labute approximate surface area is 277 Å². The fraction of sp³-hybridized carbons (Fsp3) is 0.205. The number of hydrogen-bond donors (Lipinski definition) is 0. The van der Waals surface area contributed by atoms with E-state index in [1.165, 1.54) is 22.2 Å². The summed E-state index contributed by atoms with van der Waals surface area (Å²) in [6.45, 7) is 13.0. The van der Waals surface area contributed by atoms with Gasteiger partial charge in [0.2, 0.25) is 5.71 Å². The molecule has 1 radical (unpaired) electrons. The van der Waals surface area contributed by atoms with E-state index in [9.17, 15) is 0 Å². The number of fused-ring (bicyclic) bond motifs is 3. The van der Waals surface area contributed by atoms with Crippen molar-refractivity contribution in [2.45, 2.75) is 53.0 Å². The zero-order valence-electron chi connectivity index (χ0n) is 26.3. The van der Waals surface area contributed by atoms with Gasteiger partial charge in [-0.15, -0.1) is 54.1 Å². The fourth-order valence-electron chi connectivity index (χ4n) is 6.24. The van der Waals surface area contributed by atoms with E-state index >= 15 is 0 Å². The van der Waals surface area contributed by atoms with Crippen molar-refractivity contribution in [3.63, 3.8) is 0 Å². The summed E-state index contributed by atoms with van der Waals surface area (Å²) >= 11 is 0. The number of furan rings is 1. The van der Waals surface area contributed by atoms with Crippen molar-refractivity contribution in [1.82, 2.24) is 19.5 Å². The zero-order valence-corrected chi connectivity index (χ0v) is 28.7. The van der Waals surface area contributed by atoms with Crippen LogP contribution < -0.4 is 0 Å². The quantitative estimate of drug-likeness (QED) is 0.168. The van der Waals surface area contributed by atoms with Crippen molar-refractivity contribution < 1.29 is 24.5 Å². The second-order valence-electron chi connectivity index (χ2n) is 12.3. The Morgan fingerprint density at radius 3 is 2.49 bits per heavy atom. The summed E-state index contributed by atoms with van der Waals surface area (Å²) in [5.41, 5.74) is 11.3. The van der Waals surface area contributed by atoms with Crippen LogP contribution >= 0.6 is 0 Å². The standard InChI is InChI=1S/C20H17N2O.C19H17N2.Ir/c1-12(2)14-9-10-21-18(11-14)17-6-4-5-15-16-8-7-13(3)22-20(16)23-19(15)17;1-13-12-19(2,3)21-17-15(13)10-7-11-16(17)20-18(21)14-8-5-4-6-9-14;/h4-5,7-12H,1-3H3;4-8,10-12H,1-3H3;/q2*-1;. The Kier molecular flexibility index (Phi) is 8.07. The smallest absolute Gasteiger partial charge is 0.216 e. The number of hydrogen-bond acceptors (Lipinski definition) is 4. The molecule has 0 amide bonds. The number of aryl methyl sites for hydroxylation is 1. The van der Waals surface area contributed by atoms with Crippen LogP contribution in [0, 0.1) is 19.1 Å². The molecular weight excluding hydrogens is 733 g/mol.